The second-order valence-corrected chi connectivity index (χ2v) is 5.54. The van der Waals surface area contributed by atoms with Crippen LogP contribution < -0.4 is 10.6 Å². The van der Waals surface area contributed by atoms with Gasteiger partial charge in [-0.2, -0.15) is 13.2 Å². The molecule has 5 nitrogen and oxygen atoms in total. The first-order chi connectivity index (χ1) is 13.2. The molecule has 0 fully saturated rings. The van der Waals surface area contributed by atoms with Crippen molar-refractivity contribution in [1.82, 2.24) is 9.97 Å². The maximum absolute atomic E-state index is 13.6. The van der Waals surface area contributed by atoms with Gasteiger partial charge in [0.1, 0.15) is 11.6 Å². The SMILES string of the molecule is O=C(Nc1ccccc1C(F)(F)F)c1cnc(Nc2ccc(F)cc2F)nc1. The lowest BCUT2D eigenvalue weighted by atomic mass is 10.1. The smallest absolute Gasteiger partial charge is 0.322 e. The number of halogens is 5. The fourth-order valence-corrected chi connectivity index (χ4v) is 2.25. The van der Waals surface area contributed by atoms with Gasteiger partial charge in [0.25, 0.3) is 5.91 Å². The lowest BCUT2D eigenvalue weighted by Gasteiger charge is -2.13. The van der Waals surface area contributed by atoms with Gasteiger partial charge in [-0.1, -0.05) is 12.1 Å². The van der Waals surface area contributed by atoms with E-state index in [1.54, 1.807) is 0 Å². The van der Waals surface area contributed by atoms with Crippen LogP contribution >= 0.6 is 0 Å². The highest BCUT2D eigenvalue weighted by Gasteiger charge is 2.33. The maximum atomic E-state index is 13.6. The van der Waals surface area contributed by atoms with E-state index in [1.165, 1.54) is 12.1 Å². The fourth-order valence-electron chi connectivity index (χ4n) is 2.25. The molecule has 10 heteroatoms. The second-order valence-electron chi connectivity index (χ2n) is 5.54. The van der Waals surface area contributed by atoms with E-state index in [9.17, 15) is 26.7 Å². The number of nitrogens with zero attached hydrogens (tertiary/aromatic N) is 2. The number of carbonyl (C=O) groups is 1. The van der Waals surface area contributed by atoms with E-state index in [4.69, 9.17) is 0 Å². The summed E-state index contributed by atoms with van der Waals surface area (Å²) in [5.41, 5.74) is -1.59. The number of benzene rings is 2. The molecule has 2 aromatic carbocycles. The van der Waals surface area contributed by atoms with Gasteiger partial charge in [-0.25, -0.2) is 18.7 Å². The number of hydrogen-bond donors (Lipinski definition) is 2. The summed E-state index contributed by atoms with van der Waals surface area (Å²) in [5.74, 6) is -2.56. The van der Waals surface area contributed by atoms with Gasteiger partial charge in [0.15, 0.2) is 0 Å². The largest absolute Gasteiger partial charge is 0.418 e. The molecule has 2 N–H and O–H groups in total. The minimum absolute atomic E-state index is 0.0854. The van der Waals surface area contributed by atoms with Crippen molar-refractivity contribution in [2.45, 2.75) is 6.18 Å². The zero-order valence-corrected chi connectivity index (χ0v) is 13.9. The summed E-state index contributed by atoms with van der Waals surface area (Å²) in [7, 11) is 0. The summed E-state index contributed by atoms with van der Waals surface area (Å²) in [4.78, 5) is 19.8. The Morgan fingerprint density at radius 1 is 0.929 bits per heavy atom. The van der Waals surface area contributed by atoms with Crippen molar-refractivity contribution < 1.29 is 26.7 Å². The Bertz CT molecular complexity index is 1010. The van der Waals surface area contributed by atoms with Gasteiger partial charge in [-0.3, -0.25) is 4.79 Å². The van der Waals surface area contributed by atoms with E-state index in [1.807, 2.05) is 0 Å². The molecular weight excluding hydrogens is 383 g/mol. The third kappa shape index (κ3) is 4.40. The number of para-hydroxylation sites is 1. The summed E-state index contributed by atoms with van der Waals surface area (Å²) in [5, 5.41) is 4.66. The van der Waals surface area contributed by atoms with E-state index >= 15 is 0 Å². The Hall–Kier alpha value is -3.56. The van der Waals surface area contributed by atoms with E-state index < -0.39 is 35.0 Å². The molecule has 0 spiro atoms. The monoisotopic (exact) mass is 394 g/mol. The Kier molecular flexibility index (Phi) is 5.21. The highest BCUT2D eigenvalue weighted by Crippen LogP contribution is 2.34. The molecule has 1 aromatic heterocycles. The molecule has 28 heavy (non-hydrogen) atoms. The number of nitrogens with one attached hydrogen (secondary N) is 2. The van der Waals surface area contributed by atoms with Crippen LogP contribution in [0, 0.1) is 11.6 Å². The van der Waals surface area contributed by atoms with Gasteiger partial charge < -0.3 is 10.6 Å². The normalized spacial score (nSPS) is 11.2. The van der Waals surface area contributed by atoms with Gasteiger partial charge in [0.05, 0.1) is 22.5 Å². The Balaban J connectivity index is 1.74. The van der Waals surface area contributed by atoms with Crippen LogP contribution in [0.4, 0.5) is 39.3 Å². The summed E-state index contributed by atoms with van der Waals surface area (Å²) < 4.78 is 65.4. The topological polar surface area (TPSA) is 66.9 Å². The molecule has 0 saturated heterocycles. The lowest BCUT2D eigenvalue weighted by Crippen LogP contribution is -2.17. The van der Waals surface area contributed by atoms with E-state index in [-0.39, 0.29) is 17.2 Å². The first kappa shape index (κ1) is 19.2. The minimum atomic E-state index is -4.63. The minimum Gasteiger partial charge on any atom is -0.322 e. The van der Waals surface area contributed by atoms with Crippen molar-refractivity contribution in [3.05, 3.63) is 77.6 Å². The van der Waals surface area contributed by atoms with Crippen molar-refractivity contribution in [3.8, 4) is 0 Å². The molecule has 1 amide bonds. The molecule has 0 saturated carbocycles. The Morgan fingerprint density at radius 2 is 1.61 bits per heavy atom. The average Bonchev–Trinajstić information content (AvgIpc) is 2.64. The zero-order valence-electron chi connectivity index (χ0n) is 13.9. The summed E-state index contributed by atoms with van der Waals surface area (Å²) >= 11 is 0. The molecule has 0 unspecified atom stereocenters. The predicted molar refractivity (Wildman–Crippen MR) is 91.1 cm³/mol. The molecule has 0 aliphatic heterocycles. The van der Waals surface area contributed by atoms with Crippen LogP contribution in [0.5, 0.6) is 0 Å². The van der Waals surface area contributed by atoms with Crippen molar-refractivity contribution in [2.75, 3.05) is 10.6 Å². The van der Waals surface area contributed by atoms with Crippen LogP contribution in [0.2, 0.25) is 0 Å². The van der Waals surface area contributed by atoms with Gasteiger partial charge in [0, 0.05) is 18.5 Å². The van der Waals surface area contributed by atoms with Crippen LogP contribution in [0.1, 0.15) is 15.9 Å². The van der Waals surface area contributed by atoms with Crippen LogP contribution in [0.25, 0.3) is 0 Å². The summed E-state index contributed by atoms with van der Waals surface area (Å²) in [6.45, 7) is 0. The number of amides is 1. The summed E-state index contributed by atoms with van der Waals surface area (Å²) in [6.07, 6.45) is -2.52. The van der Waals surface area contributed by atoms with E-state index in [2.05, 4.69) is 20.6 Å². The summed E-state index contributed by atoms with van der Waals surface area (Å²) in [6, 6.07) is 7.36. The third-order valence-corrected chi connectivity index (χ3v) is 3.57. The lowest BCUT2D eigenvalue weighted by molar-refractivity contribution is -0.136. The molecule has 3 rings (SSSR count). The highest BCUT2D eigenvalue weighted by atomic mass is 19.4. The van der Waals surface area contributed by atoms with Crippen LogP contribution in [0.15, 0.2) is 54.9 Å². The van der Waals surface area contributed by atoms with Gasteiger partial charge in [0.2, 0.25) is 5.95 Å². The Labute approximate surface area is 155 Å². The second kappa shape index (κ2) is 7.59. The quantitative estimate of drug-likeness (QED) is 0.626. The van der Waals surface area contributed by atoms with Crippen molar-refractivity contribution in [1.29, 1.82) is 0 Å². The fraction of sp³-hybridized carbons (Fsp3) is 0.0556. The van der Waals surface area contributed by atoms with Crippen LogP contribution in [-0.2, 0) is 6.18 Å². The number of alkyl halides is 3. The van der Waals surface area contributed by atoms with Crippen LogP contribution in [0.3, 0.4) is 0 Å². The maximum Gasteiger partial charge on any atom is 0.418 e. The molecule has 0 radical (unpaired) electrons. The molecule has 144 valence electrons. The highest BCUT2D eigenvalue weighted by molar-refractivity contribution is 6.04. The first-order valence-corrected chi connectivity index (χ1v) is 7.76. The van der Waals surface area contributed by atoms with Crippen molar-refractivity contribution >= 4 is 23.2 Å². The number of rotatable bonds is 4. The predicted octanol–water partition coefficient (Wildman–Crippen LogP) is 4.77. The number of carbonyl (C=O) groups excluding carboxylic acids is 1. The molecular formula is C18H11F5N4O. The molecule has 3 aromatic rings. The van der Waals surface area contributed by atoms with Crippen LogP contribution in [-0.4, -0.2) is 15.9 Å². The standard InChI is InChI=1S/C18H11F5N4O/c19-11-5-6-15(13(20)7-11)27-17-24-8-10(9-25-17)16(28)26-14-4-2-1-3-12(14)18(21,22)23/h1-9H,(H,26,28)(H,24,25,27). The molecule has 0 aliphatic rings. The van der Waals surface area contributed by atoms with Gasteiger partial charge >= 0.3 is 6.18 Å². The molecule has 0 aliphatic carbocycles. The molecule has 1 heterocycles. The Morgan fingerprint density at radius 3 is 2.25 bits per heavy atom. The third-order valence-electron chi connectivity index (χ3n) is 3.57. The average molecular weight is 394 g/mol. The number of hydrogen-bond acceptors (Lipinski definition) is 4. The molecule has 0 atom stereocenters. The number of anilines is 3. The zero-order chi connectivity index (χ0) is 20.3. The van der Waals surface area contributed by atoms with Gasteiger partial charge in [-0.15, -0.1) is 0 Å². The van der Waals surface area contributed by atoms with E-state index in [0.717, 1.165) is 36.7 Å². The molecule has 0 bridgehead atoms. The van der Waals surface area contributed by atoms with Crippen molar-refractivity contribution in [3.63, 3.8) is 0 Å². The first-order valence-electron chi connectivity index (χ1n) is 7.76. The van der Waals surface area contributed by atoms with E-state index in [0.29, 0.717) is 6.07 Å². The van der Waals surface area contributed by atoms with Gasteiger partial charge in [-0.05, 0) is 24.3 Å². The number of aromatic nitrogens is 2. The van der Waals surface area contributed by atoms with Crippen molar-refractivity contribution in [2.24, 2.45) is 0 Å².